The molecule has 0 unspecified atom stereocenters. The molecule has 0 aromatic carbocycles. The molecule has 0 fully saturated rings. The zero-order chi connectivity index (χ0) is 26.5. The topological polar surface area (TPSA) is 36.9 Å². The van der Waals surface area contributed by atoms with Gasteiger partial charge in [0, 0.05) is 171 Å². The first-order chi connectivity index (χ1) is 14.2. The second kappa shape index (κ2) is 46.9. The first kappa shape index (κ1) is 79.2. The Morgan fingerprint density at radius 2 is 0.400 bits per heavy atom. The van der Waals surface area contributed by atoms with E-state index in [0.29, 0.717) is 0 Å². The van der Waals surface area contributed by atoms with E-state index in [0.717, 1.165) is 26.4 Å². The zero-order valence-electron chi connectivity index (χ0n) is 30.9. The van der Waals surface area contributed by atoms with Crippen LogP contribution >= 0.6 is 0 Å². The Hall–Kier alpha value is 3.46. The summed E-state index contributed by atoms with van der Waals surface area (Å²) in [7, 11) is 3.84. The summed E-state index contributed by atoms with van der Waals surface area (Å²) in [5.41, 5.74) is 0. The molecule has 0 rings (SSSR count). The van der Waals surface area contributed by atoms with Crippen molar-refractivity contribution in [2.45, 2.75) is 103 Å². The Balaban J connectivity index is -0.0000000245. The van der Waals surface area contributed by atoms with Crippen LogP contribution in [-0.4, -0.2) is 87.2 Å². The molecule has 256 valence electrons. The summed E-state index contributed by atoms with van der Waals surface area (Å²) in [5, 5.41) is 0. The van der Waals surface area contributed by atoms with E-state index in [4.69, 9.17) is 18.9 Å². The average Bonchev–Trinajstić information content (AvgIpc) is 2.60. The van der Waals surface area contributed by atoms with Gasteiger partial charge in [0.1, 0.15) is 0 Å². The Kier molecular flexibility index (Phi) is 92.8. The SMILES string of the molecule is COCC[Si](C)(C)C.COCC[Si](C)(C)C.COCC[Si](C)(C)C.COCC[Si](C)(C)C.[CH3-].[CH3-].[CH3-].[CH3-].[W].[W].[W].[W]. The fraction of sp³-hybridized carbons (Fsp3) is 0.857. The molecule has 0 amide bonds. The van der Waals surface area contributed by atoms with E-state index in [1.165, 1.54) is 24.2 Å². The number of rotatable bonds is 12. The smallest absolute Gasteiger partial charge is 0.0466 e. The van der Waals surface area contributed by atoms with Gasteiger partial charge in [-0.15, -0.1) is 0 Å². The van der Waals surface area contributed by atoms with E-state index in [1.807, 2.05) is 0 Å². The van der Waals surface area contributed by atoms with Crippen LogP contribution in [-0.2, 0) is 103 Å². The number of hydrogen-bond acceptors (Lipinski definition) is 4. The summed E-state index contributed by atoms with van der Waals surface area (Å²) in [6, 6.07) is 5.12. The number of methoxy groups -OCH3 is 4. The molecule has 4 nitrogen and oxygen atoms in total. The van der Waals surface area contributed by atoms with Crippen molar-refractivity contribution in [3.63, 3.8) is 0 Å². The molecule has 0 aliphatic heterocycles. The van der Waals surface area contributed by atoms with Crippen LogP contribution in [0.2, 0.25) is 103 Å². The molecule has 0 spiro atoms. The minimum atomic E-state index is -0.803. The third-order valence-electron chi connectivity index (χ3n) is 4.22. The summed E-state index contributed by atoms with van der Waals surface area (Å²) in [6.45, 7) is 32.0. The van der Waals surface area contributed by atoms with Gasteiger partial charge in [0.05, 0.1) is 0 Å². The van der Waals surface area contributed by atoms with Crippen LogP contribution < -0.4 is 0 Å². The van der Waals surface area contributed by atoms with Gasteiger partial charge in [-0.2, -0.15) is 0 Å². The summed E-state index contributed by atoms with van der Waals surface area (Å²) >= 11 is 0. The minimum absolute atomic E-state index is 0. The summed E-state index contributed by atoms with van der Waals surface area (Å²) in [6.07, 6.45) is 0. The van der Waals surface area contributed by atoms with Crippen LogP contribution in [0.4, 0.5) is 0 Å². The first-order valence-electron chi connectivity index (χ1n) is 12.2. The van der Waals surface area contributed by atoms with Gasteiger partial charge in [-0.1, -0.05) is 78.6 Å². The zero-order valence-corrected chi connectivity index (χ0v) is 46.7. The van der Waals surface area contributed by atoms with Gasteiger partial charge in [0.25, 0.3) is 0 Å². The molecule has 40 heavy (non-hydrogen) atoms. The molecule has 0 atom stereocenters. The number of hydrogen-bond donors (Lipinski definition) is 0. The Bertz CT molecular complexity index is 316. The molecule has 0 aromatic heterocycles. The molecule has 0 saturated heterocycles. The fourth-order valence-corrected chi connectivity index (χ4v) is 4.90. The predicted octanol–water partition coefficient (Wildman–Crippen LogP) is 9.68. The van der Waals surface area contributed by atoms with Crippen LogP contribution in [0.15, 0.2) is 0 Å². The van der Waals surface area contributed by atoms with E-state index in [1.54, 1.807) is 28.4 Å². The molecule has 12 heteroatoms. The number of ether oxygens (including phenoxy) is 4. The van der Waals surface area contributed by atoms with Gasteiger partial charge in [-0.05, 0) is 24.2 Å². The largest absolute Gasteiger partial charge is 0.385 e. The average molecular weight is 1320 g/mol. The van der Waals surface area contributed by atoms with Crippen molar-refractivity contribution in [2.75, 3.05) is 54.9 Å². The molecule has 0 aliphatic rings. The summed E-state index contributed by atoms with van der Waals surface area (Å²) in [4.78, 5) is 0. The van der Waals surface area contributed by atoms with Gasteiger partial charge in [-0.3, -0.25) is 0 Å². The molecule has 0 aromatic rings. The van der Waals surface area contributed by atoms with E-state index >= 15 is 0 Å². The van der Waals surface area contributed by atoms with Crippen molar-refractivity contribution >= 4 is 32.3 Å². The maximum absolute atomic E-state index is 4.95. The Labute approximate surface area is 319 Å². The minimum Gasteiger partial charge on any atom is -0.385 e. The Morgan fingerprint density at radius 1 is 0.300 bits per heavy atom. The van der Waals surface area contributed by atoms with E-state index in [2.05, 4.69) is 78.6 Å². The maximum Gasteiger partial charge on any atom is 0.0466 e. The molecule has 0 bridgehead atoms. The molecule has 0 heterocycles. The van der Waals surface area contributed by atoms with Crippen LogP contribution in [0.3, 0.4) is 0 Å². The van der Waals surface area contributed by atoms with Crippen molar-refractivity contribution in [3.05, 3.63) is 29.7 Å². The first-order valence-corrected chi connectivity index (χ1v) is 27.0. The van der Waals surface area contributed by atoms with E-state index < -0.39 is 32.3 Å². The monoisotopic (exact) mass is 1320 g/mol. The van der Waals surface area contributed by atoms with Gasteiger partial charge >= 0.3 is 0 Å². The predicted molar refractivity (Wildman–Crippen MR) is 186 cm³/mol. The summed E-state index contributed by atoms with van der Waals surface area (Å²) < 4.78 is 19.8. The summed E-state index contributed by atoms with van der Waals surface area (Å²) in [5.74, 6) is 0. The third-order valence-corrected chi connectivity index (χ3v) is 11.0. The molecule has 0 aliphatic carbocycles. The van der Waals surface area contributed by atoms with E-state index in [-0.39, 0.29) is 114 Å². The molecule has 0 radical (unpaired) electrons. The maximum atomic E-state index is 4.95. The van der Waals surface area contributed by atoms with Crippen LogP contribution in [0.25, 0.3) is 0 Å². The van der Waals surface area contributed by atoms with Crippen molar-refractivity contribution in [3.8, 4) is 0 Å². The van der Waals surface area contributed by atoms with Gasteiger partial charge in [0.2, 0.25) is 0 Å². The van der Waals surface area contributed by atoms with Crippen molar-refractivity contribution in [1.29, 1.82) is 0 Å². The van der Waals surface area contributed by atoms with Crippen molar-refractivity contribution in [2.24, 2.45) is 0 Å². The molecular weight excluding hydrogens is 1250 g/mol. The quantitative estimate of drug-likeness (QED) is 0.144. The standard InChI is InChI=1S/4C6H16OSi.4CH3.4W/c4*1-7-5-6-8(2,3)4;;;;;;;;/h4*5-6H2,1-4H3;4*1H3;;;;/q;;;;4*-1;;;;. The van der Waals surface area contributed by atoms with Gasteiger partial charge in [-0.25, -0.2) is 0 Å². The third kappa shape index (κ3) is 123. The second-order valence-corrected chi connectivity index (χ2v) is 35.7. The van der Waals surface area contributed by atoms with Gasteiger partial charge < -0.3 is 48.7 Å². The fourth-order valence-electron chi connectivity index (χ4n) is 1.63. The molecule has 0 saturated carbocycles. The van der Waals surface area contributed by atoms with Crippen molar-refractivity contribution in [1.82, 2.24) is 0 Å². The normalized spacial score (nSPS) is 9.60. The van der Waals surface area contributed by atoms with Crippen LogP contribution in [0.1, 0.15) is 0 Å². The van der Waals surface area contributed by atoms with Crippen LogP contribution in [0.5, 0.6) is 0 Å². The van der Waals surface area contributed by atoms with Gasteiger partial charge in [0.15, 0.2) is 0 Å². The van der Waals surface area contributed by atoms with Crippen molar-refractivity contribution < 1.29 is 103 Å². The molecule has 0 N–H and O–H groups in total. The molecular formula is C28H76O4Si4W4-4. The Morgan fingerprint density at radius 3 is 0.425 bits per heavy atom. The van der Waals surface area contributed by atoms with E-state index in [9.17, 15) is 0 Å². The van der Waals surface area contributed by atoms with Crippen LogP contribution in [0, 0.1) is 29.7 Å². The second-order valence-electron chi connectivity index (χ2n) is 13.2.